The zero-order chi connectivity index (χ0) is 10.8. The molecule has 0 fully saturated rings. The van der Waals surface area contributed by atoms with Gasteiger partial charge in [-0.3, -0.25) is 0 Å². The van der Waals surface area contributed by atoms with Crippen LogP contribution in [0.15, 0.2) is 24.3 Å². The predicted octanol–water partition coefficient (Wildman–Crippen LogP) is 2.96. The highest BCUT2D eigenvalue weighted by Gasteiger charge is 1.96. The van der Waals surface area contributed by atoms with E-state index in [-0.39, 0.29) is 0 Å². The second-order valence-electron chi connectivity index (χ2n) is 2.78. The Morgan fingerprint density at radius 3 is 2.36 bits per heavy atom. The molecule has 80 valence electrons. The van der Waals surface area contributed by atoms with Gasteiger partial charge in [-0.1, -0.05) is 30.7 Å². The second-order valence-corrected chi connectivity index (χ2v) is 3.19. The molecule has 0 radical (unpaired) electrons. The van der Waals surface area contributed by atoms with E-state index in [1.54, 1.807) is 0 Å². The summed E-state index contributed by atoms with van der Waals surface area (Å²) in [6.07, 6.45) is 1.01. The third-order valence-corrected chi connectivity index (χ3v) is 1.61. The van der Waals surface area contributed by atoms with Gasteiger partial charge in [0.15, 0.2) is 0 Å². The Hall–Kier alpha value is -0.730. The molecule has 1 aromatic carbocycles. The maximum Gasteiger partial charge on any atom is 0.137 e. The van der Waals surface area contributed by atoms with E-state index in [0.717, 1.165) is 18.8 Å². The molecule has 0 amide bonds. The van der Waals surface area contributed by atoms with E-state index in [4.69, 9.17) is 16.3 Å². The van der Waals surface area contributed by atoms with Gasteiger partial charge in [-0.05, 0) is 32.6 Å². The molecule has 0 atom stereocenters. The normalized spacial score (nSPS) is 8.86. The number of hydrogen-bond donors (Lipinski definition) is 1. The molecule has 1 aromatic rings. The highest BCUT2D eigenvalue weighted by molar-refractivity contribution is 6.32. The summed E-state index contributed by atoms with van der Waals surface area (Å²) >= 11 is 5.83. The van der Waals surface area contributed by atoms with Crippen molar-refractivity contribution in [2.24, 2.45) is 0 Å². The fraction of sp³-hybridized carbons (Fsp3) is 0.455. The summed E-state index contributed by atoms with van der Waals surface area (Å²) in [5, 5.41) is 3.43. The molecule has 0 heterocycles. The fourth-order valence-electron chi connectivity index (χ4n) is 0.774. The first kappa shape index (κ1) is 13.3. The molecule has 0 aliphatic heterocycles. The van der Waals surface area contributed by atoms with E-state index in [0.29, 0.717) is 5.02 Å². The van der Waals surface area contributed by atoms with Crippen LogP contribution in [-0.2, 0) is 0 Å². The predicted molar refractivity (Wildman–Crippen MR) is 62.2 cm³/mol. The van der Waals surface area contributed by atoms with Crippen LogP contribution in [0.1, 0.15) is 13.3 Å². The Bertz CT molecular complexity index is 240. The van der Waals surface area contributed by atoms with Gasteiger partial charge in [-0.15, -0.1) is 0 Å². The topological polar surface area (TPSA) is 21.3 Å². The number of hydrogen-bond acceptors (Lipinski definition) is 2. The molecular formula is C11H18ClNO. The van der Waals surface area contributed by atoms with Gasteiger partial charge < -0.3 is 10.1 Å². The lowest BCUT2D eigenvalue weighted by atomic mass is 10.3. The molecule has 0 saturated heterocycles. The van der Waals surface area contributed by atoms with Crippen molar-refractivity contribution >= 4 is 11.6 Å². The van der Waals surface area contributed by atoms with E-state index >= 15 is 0 Å². The van der Waals surface area contributed by atoms with Crippen molar-refractivity contribution in [3.8, 4) is 5.75 Å². The number of halogens is 1. The molecule has 2 nitrogen and oxygen atoms in total. The van der Waals surface area contributed by atoms with Crippen LogP contribution in [0, 0.1) is 0 Å². The third kappa shape index (κ3) is 5.84. The molecular weight excluding hydrogens is 198 g/mol. The highest BCUT2D eigenvalue weighted by atomic mass is 35.5. The minimum Gasteiger partial charge on any atom is -0.492 e. The van der Waals surface area contributed by atoms with Gasteiger partial charge in [-0.2, -0.15) is 0 Å². The second kappa shape index (κ2) is 8.85. The van der Waals surface area contributed by atoms with Gasteiger partial charge in [-0.25, -0.2) is 0 Å². The van der Waals surface area contributed by atoms with Crippen molar-refractivity contribution in [2.45, 2.75) is 13.3 Å². The first-order chi connectivity index (χ1) is 6.76. The van der Waals surface area contributed by atoms with E-state index < -0.39 is 0 Å². The lowest BCUT2D eigenvalue weighted by molar-refractivity contribution is 0.317. The van der Waals surface area contributed by atoms with Crippen LogP contribution in [0.5, 0.6) is 5.75 Å². The van der Waals surface area contributed by atoms with Crippen LogP contribution >= 0.6 is 11.6 Å². The first-order valence-electron chi connectivity index (χ1n) is 4.72. The molecule has 0 spiro atoms. The molecule has 0 saturated carbocycles. The molecule has 0 unspecified atom stereocenters. The summed E-state index contributed by atoms with van der Waals surface area (Å²) in [7, 11) is 3.75. The summed E-state index contributed by atoms with van der Waals surface area (Å²) < 4.78 is 5.35. The molecule has 1 rings (SSSR count). The molecule has 0 bridgehead atoms. The Labute approximate surface area is 91.2 Å². The van der Waals surface area contributed by atoms with E-state index in [1.165, 1.54) is 0 Å². The van der Waals surface area contributed by atoms with Crippen LogP contribution in [0.25, 0.3) is 0 Å². The molecule has 3 heteroatoms. The van der Waals surface area contributed by atoms with Gasteiger partial charge in [0.2, 0.25) is 0 Å². The van der Waals surface area contributed by atoms with Crippen molar-refractivity contribution in [3.63, 3.8) is 0 Å². The van der Waals surface area contributed by atoms with Crippen molar-refractivity contribution < 1.29 is 4.74 Å². The molecule has 14 heavy (non-hydrogen) atoms. The van der Waals surface area contributed by atoms with Crippen LogP contribution in [0.2, 0.25) is 5.02 Å². The molecule has 0 aliphatic carbocycles. The van der Waals surface area contributed by atoms with Gasteiger partial charge in [0.25, 0.3) is 0 Å². The Morgan fingerprint density at radius 1 is 1.29 bits per heavy atom. The van der Waals surface area contributed by atoms with Crippen LogP contribution in [0.4, 0.5) is 0 Å². The fourth-order valence-corrected chi connectivity index (χ4v) is 0.964. The monoisotopic (exact) mass is 215 g/mol. The summed E-state index contributed by atoms with van der Waals surface area (Å²) in [6.45, 7) is 2.79. The first-order valence-corrected chi connectivity index (χ1v) is 5.09. The van der Waals surface area contributed by atoms with Crippen molar-refractivity contribution in [3.05, 3.63) is 29.3 Å². The average Bonchev–Trinajstić information content (AvgIpc) is 2.18. The maximum absolute atomic E-state index is 5.83. The lowest BCUT2D eigenvalue weighted by Gasteiger charge is -2.04. The number of nitrogens with one attached hydrogen (secondary N) is 1. The van der Waals surface area contributed by atoms with Crippen molar-refractivity contribution in [1.82, 2.24) is 5.32 Å². The van der Waals surface area contributed by atoms with Gasteiger partial charge in [0.05, 0.1) is 11.6 Å². The minimum atomic E-state index is 0.681. The smallest absolute Gasteiger partial charge is 0.137 e. The van der Waals surface area contributed by atoms with Crippen LogP contribution < -0.4 is 10.1 Å². The van der Waals surface area contributed by atoms with Crippen LogP contribution in [-0.4, -0.2) is 20.7 Å². The Balaban J connectivity index is 0.000000500. The lowest BCUT2D eigenvalue weighted by Crippen LogP contribution is -1.94. The molecule has 0 aliphatic rings. The third-order valence-electron chi connectivity index (χ3n) is 1.30. The van der Waals surface area contributed by atoms with E-state index in [9.17, 15) is 0 Å². The van der Waals surface area contributed by atoms with Gasteiger partial charge >= 0.3 is 0 Å². The van der Waals surface area contributed by atoms with Crippen molar-refractivity contribution in [1.29, 1.82) is 0 Å². The summed E-state index contributed by atoms with van der Waals surface area (Å²) in [4.78, 5) is 0. The van der Waals surface area contributed by atoms with Crippen LogP contribution in [0.3, 0.4) is 0 Å². The SMILES string of the molecule is CCCOc1ccccc1Cl.CNC. The molecule has 1 N–H and O–H groups in total. The zero-order valence-electron chi connectivity index (χ0n) is 9.01. The van der Waals surface area contributed by atoms with E-state index in [2.05, 4.69) is 12.2 Å². The van der Waals surface area contributed by atoms with Gasteiger partial charge in [0.1, 0.15) is 5.75 Å². The average molecular weight is 216 g/mol. The quantitative estimate of drug-likeness (QED) is 0.837. The Morgan fingerprint density at radius 2 is 1.86 bits per heavy atom. The minimum absolute atomic E-state index is 0.681. The number of para-hydroxylation sites is 1. The number of rotatable bonds is 3. The highest BCUT2D eigenvalue weighted by Crippen LogP contribution is 2.22. The Kier molecular flexibility index (Phi) is 8.39. The van der Waals surface area contributed by atoms with E-state index in [1.807, 2.05) is 38.4 Å². The standard InChI is InChI=1S/C9H11ClO.C2H7N/c1-2-7-11-9-6-4-3-5-8(9)10;1-3-2/h3-6H,2,7H2,1H3;3H,1-2H3. The molecule has 0 aromatic heterocycles. The maximum atomic E-state index is 5.83. The summed E-state index contributed by atoms with van der Waals surface area (Å²) in [5.41, 5.74) is 0. The van der Waals surface area contributed by atoms with Crippen molar-refractivity contribution in [2.75, 3.05) is 20.7 Å². The number of benzene rings is 1. The largest absolute Gasteiger partial charge is 0.492 e. The summed E-state index contributed by atoms with van der Waals surface area (Å²) in [6, 6.07) is 7.50. The number of ether oxygens (including phenoxy) is 1. The van der Waals surface area contributed by atoms with Gasteiger partial charge in [0, 0.05) is 0 Å². The summed E-state index contributed by atoms with van der Waals surface area (Å²) in [5.74, 6) is 0.774. The zero-order valence-corrected chi connectivity index (χ0v) is 9.77.